The molecule has 1 heterocycles. The van der Waals surface area contributed by atoms with E-state index in [-0.39, 0.29) is 0 Å². The van der Waals surface area contributed by atoms with Gasteiger partial charge in [-0.2, -0.15) is 0 Å². The second kappa shape index (κ2) is 3.68. The van der Waals surface area contributed by atoms with E-state index in [1.54, 1.807) is 0 Å². The Balaban J connectivity index is 2.69. The Morgan fingerprint density at radius 2 is 2.14 bits per heavy atom. The molecule has 3 nitrogen and oxygen atoms in total. The molecule has 0 saturated carbocycles. The maximum atomic E-state index is 8.96. The number of fused-ring (bicyclic) bond motifs is 1. The maximum absolute atomic E-state index is 8.96. The van der Waals surface area contributed by atoms with Crippen molar-refractivity contribution < 1.29 is 9.76 Å². The molecule has 0 atom stereocenters. The monoisotopic (exact) mass is 186 g/mol. The molecule has 14 heavy (non-hydrogen) atoms. The Bertz CT molecular complexity index is 416. The van der Waals surface area contributed by atoms with E-state index >= 15 is 0 Å². The van der Waals surface area contributed by atoms with Crippen molar-refractivity contribution in [2.24, 2.45) is 0 Å². The summed E-state index contributed by atoms with van der Waals surface area (Å²) in [7, 11) is 2.53. The SMILES string of the molecule is COc1nc2ccccc2cc1[B]O. The molecule has 69 valence electrons. The number of hydrogen-bond donors (Lipinski definition) is 1. The molecule has 2 aromatic rings. The lowest BCUT2D eigenvalue weighted by molar-refractivity contribution is 0.402. The highest BCUT2D eigenvalue weighted by Crippen LogP contribution is 2.13. The smallest absolute Gasteiger partial charge is 0.332 e. The summed E-state index contributed by atoms with van der Waals surface area (Å²) in [4.78, 5) is 4.25. The van der Waals surface area contributed by atoms with Gasteiger partial charge in [0.25, 0.3) is 0 Å². The summed E-state index contributed by atoms with van der Waals surface area (Å²) in [5, 5.41) is 9.94. The number of rotatable bonds is 2. The van der Waals surface area contributed by atoms with E-state index in [0.29, 0.717) is 11.3 Å². The molecule has 0 aliphatic carbocycles. The molecular formula is C10H9BNO2. The number of pyridine rings is 1. The molecule has 1 radical (unpaired) electrons. The zero-order chi connectivity index (χ0) is 9.97. The zero-order valence-corrected chi connectivity index (χ0v) is 7.77. The minimum Gasteiger partial charge on any atom is -0.481 e. The molecule has 1 aromatic heterocycles. The Morgan fingerprint density at radius 3 is 2.86 bits per heavy atom. The van der Waals surface area contributed by atoms with E-state index in [1.807, 2.05) is 30.3 Å². The zero-order valence-electron chi connectivity index (χ0n) is 7.77. The average Bonchev–Trinajstić information content (AvgIpc) is 2.27. The molecule has 0 amide bonds. The number of methoxy groups -OCH3 is 1. The topological polar surface area (TPSA) is 42.4 Å². The summed E-state index contributed by atoms with van der Waals surface area (Å²) in [6, 6.07) is 9.52. The van der Waals surface area contributed by atoms with Gasteiger partial charge >= 0.3 is 7.48 Å². The molecule has 0 aliphatic rings. The first-order valence-corrected chi connectivity index (χ1v) is 4.26. The van der Waals surface area contributed by atoms with Crippen molar-refractivity contribution in [1.82, 2.24) is 4.98 Å². The van der Waals surface area contributed by atoms with Gasteiger partial charge in [0.05, 0.1) is 12.6 Å². The van der Waals surface area contributed by atoms with Gasteiger partial charge < -0.3 is 9.76 Å². The average molecular weight is 186 g/mol. The molecule has 0 saturated heterocycles. The van der Waals surface area contributed by atoms with Crippen LogP contribution in [0.4, 0.5) is 0 Å². The molecule has 4 heteroatoms. The van der Waals surface area contributed by atoms with Gasteiger partial charge in [0.15, 0.2) is 0 Å². The Hall–Kier alpha value is -1.55. The van der Waals surface area contributed by atoms with Crippen LogP contribution in [-0.2, 0) is 0 Å². The van der Waals surface area contributed by atoms with Gasteiger partial charge in [0.1, 0.15) is 0 Å². The largest absolute Gasteiger partial charge is 0.481 e. The Labute approximate surface area is 82.6 Å². The van der Waals surface area contributed by atoms with Gasteiger partial charge in [-0.1, -0.05) is 24.3 Å². The highest BCUT2D eigenvalue weighted by Gasteiger charge is 2.06. The van der Waals surface area contributed by atoms with Crippen LogP contribution < -0.4 is 10.2 Å². The molecule has 1 aromatic carbocycles. The van der Waals surface area contributed by atoms with Gasteiger partial charge in [0, 0.05) is 5.46 Å². The second-order valence-electron chi connectivity index (χ2n) is 2.91. The van der Waals surface area contributed by atoms with Crippen LogP contribution in [0.1, 0.15) is 0 Å². The summed E-state index contributed by atoms with van der Waals surface area (Å²) in [6.45, 7) is 0. The first kappa shape index (κ1) is 9.03. The van der Waals surface area contributed by atoms with Crippen molar-refractivity contribution in [1.29, 1.82) is 0 Å². The quantitative estimate of drug-likeness (QED) is 0.693. The first-order chi connectivity index (χ1) is 6.85. The number of nitrogens with zero attached hydrogens (tertiary/aromatic N) is 1. The molecular weight excluding hydrogens is 177 g/mol. The highest BCUT2D eigenvalue weighted by molar-refractivity contribution is 6.47. The number of aromatic nitrogens is 1. The van der Waals surface area contributed by atoms with E-state index in [0.717, 1.165) is 18.4 Å². The second-order valence-corrected chi connectivity index (χ2v) is 2.91. The minimum absolute atomic E-state index is 0.436. The normalized spacial score (nSPS) is 10.1. The van der Waals surface area contributed by atoms with Crippen LogP contribution in [0.2, 0.25) is 0 Å². The summed E-state index contributed by atoms with van der Waals surface area (Å²) >= 11 is 0. The van der Waals surface area contributed by atoms with Gasteiger partial charge in [-0.05, 0) is 11.5 Å². The first-order valence-electron chi connectivity index (χ1n) is 4.26. The van der Waals surface area contributed by atoms with Crippen molar-refractivity contribution in [3.63, 3.8) is 0 Å². The lowest BCUT2D eigenvalue weighted by Gasteiger charge is -2.05. The maximum Gasteiger partial charge on any atom is 0.332 e. The van der Waals surface area contributed by atoms with Crippen LogP contribution in [0.5, 0.6) is 5.88 Å². The molecule has 0 bridgehead atoms. The summed E-state index contributed by atoms with van der Waals surface area (Å²) in [5.74, 6) is 0.436. The van der Waals surface area contributed by atoms with Gasteiger partial charge in [-0.15, -0.1) is 0 Å². The van der Waals surface area contributed by atoms with Crippen molar-refractivity contribution in [3.8, 4) is 5.88 Å². The molecule has 0 fully saturated rings. The van der Waals surface area contributed by atoms with Crippen LogP contribution in [0.25, 0.3) is 10.9 Å². The van der Waals surface area contributed by atoms with Crippen LogP contribution in [0.15, 0.2) is 30.3 Å². The molecule has 0 unspecified atom stereocenters. The third kappa shape index (κ3) is 1.44. The molecule has 0 spiro atoms. The Morgan fingerprint density at radius 1 is 1.36 bits per heavy atom. The molecule has 0 aliphatic heterocycles. The van der Waals surface area contributed by atoms with Gasteiger partial charge in [0.2, 0.25) is 5.88 Å². The van der Waals surface area contributed by atoms with Crippen molar-refractivity contribution in [2.45, 2.75) is 0 Å². The fraction of sp³-hybridized carbons (Fsp3) is 0.100. The highest BCUT2D eigenvalue weighted by atomic mass is 16.5. The van der Waals surface area contributed by atoms with Crippen LogP contribution >= 0.6 is 0 Å². The molecule has 2 rings (SSSR count). The number of benzene rings is 1. The standard InChI is InChI=1S/C10H9BNO2/c1-14-10-8(11-13)6-7-4-2-3-5-9(7)12-10/h2-6,13H,1H3. The minimum atomic E-state index is 0.436. The van der Waals surface area contributed by atoms with Gasteiger partial charge in [-0.3, -0.25) is 0 Å². The Kier molecular flexibility index (Phi) is 2.37. The van der Waals surface area contributed by atoms with Crippen LogP contribution in [0, 0.1) is 0 Å². The van der Waals surface area contributed by atoms with E-state index in [1.165, 1.54) is 7.11 Å². The number of para-hydroxylation sites is 1. The van der Waals surface area contributed by atoms with Crippen molar-refractivity contribution in [2.75, 3.05) is 7.11 Å². The lowest BCUT2D eigenvalue weighted by Crippen LogP contribution is -2.17. The van der Waals surface area contributed by atoms with E-state index in [2.05, 4.69) is 4.98 Å². The van der Waals surface area contributed by atoms with E-state index < -0.39 is 0 Å². The third-order valence-corrected chi connectivity index (χ3v) is 2.05. The van der Waals surface area contributed by atoms with Crippen molar-refractivity contribution >= 4 is 23.8 Å². The predicted octanol–water partition coefficient (Wildman–Crippen LogP) is 0.480. The van der Waals surface area contributed by atoms with Crippen LogP contribution in [0.3, 0.4) is 0 Å². The summed E-state index contributed by atoms with van der Waals surface area (Å²) in [6.07, 6.45) is 0. The summed E-state index contributed by atoms with van der Waals surface area (Å²) < 4.78 is 5.04. The number of hydrogen-bond acceptors (Lipinski definition) is 3. The number of ether oxygens (including phenoxy) is 1. The predicted molar refractivity (Wildman–Crippen MR) is 55.9 cm³/mol. The van der Waals surface area contributed by atoms with E-state index in [9.17, 15) is 0 Å². The van der Waals surface area contributed by atoms with Crippen LogP contribution in [-0.4, -0.2) is 24.6 Å². The van der Waals surface area contributed by atoms with Crippen molar-refractivity contribution in [3.05, 3.63) is 30.3 Å². The van der Waals surface area contributed by atoms with E-state index in [4.69, 9.17) is 9.76 Å². The van der Waals surface area contributed by atoms with Gasteiger partial charge in [-0.25, -0.2) is 4.98 Å². The molecule has 1 N–H and O–H groups in total. The third-order valence-electron chi connectivity index (χ3n) is 2.05. The lowest BCUT2D eigenvalue weighted by atomic mass is 9.89. The fourth-order valence-corrected chi connectivity index (χ4v) is 1.37. The summed E-state index contributed by atoms with van der Waals surface area (Å²) in [5.41, 5.74) is 1.45. The fourth-order valence-electron chi connectivity index (χ4n) is 1.37.